The Bertz CT molecular complexity index is 573. The van der Waals surface area contributed by atoms with E-state index in [4.69, 9.17) is 10.3 Å². The van der Waals surface area contributed by atoms with E-state index in [0.29, 0.717) is 18.5 Å². The maximum absolute atomic E-state index is 11.7. The van der Waals surface area contributed by atoms with E-state index in [9.17, 15) is 19.5 Å². The third-order valence-electron chi connectivity index (χ3n) is 3.19. The number of anilines is 1. The van der Waals surface area contributed by atoms with Crippen molar-refractivity contribution in [2.75, 3.05) is 5.32 Å². The van der Waals surface area contributed by atoms with E-state index in [1.165, 1.54) is 18.2 Å². The maximum atomic E-state index is 11.7. The van der Waals surface area contributed by atoms with Crippen molar-refractivity contribution in [2.24, 2.45) is 0 Å². The van der Waals surface area contributed by atoms with Crippen molar-refractivity contribution in [3.8, 4) is 5.75 Å². The highest BCUT2D eigenvalue weighted by Gasteiger charge is 2.11. The lowest BCUT2D eigenvalue weighted by molar-refractivity contribution is -0.129. The van der Waals surface area contributed by atoms with Gasteiger partial charge < -0.3 is 15.5 Å². The number of nitrogens with one attached hydrogen (secondary N) is 2. The standard InChI is InChI=1S/C15H20N2O6/c18-12-8-7-10(9-11(12)15(21)22)16-13(19)5-3-1-2-4-6-14(20)17-23/h7-9,18,23H,1-6H2,(H,16,19)(H,17,20)(H,21,22). The number of hydrogen-bond donors (Lipinski definition) is 5. The van der Waals surface area contributed by atoms with Gasteiger partial charge in [0.2, 0.25) is 11.8 Å². The van der Waals surface area contributed by atoms with Crippen molar-refractivity contribution in [3.05, 3.63) is 23.8 Å². The van der Waals surface area contributed by atoms with E-state index in [0.717, 1.165) is 12.8 Å². The molecule has 0 saturated carbocycles. The van der Waals surface area contributed by atoms with Gasteiger partial charge in [-0.05, 0) is 31.0 Å². The lowest BCUT2D eigenvalue weighted by Gasteiger charge is -2.07. The average Bonchev–Trinajstić information content (AvgIpc) is 2.52. The number of carboxylic acid groups (broad SMARTS) is 1. The van der Waals surface area contributed by atoms with Crippen LogP contribution in [0.4, 0.5) is 5.69 Å². The largest absolute Gasteiger partial charge is 0.507 e. The number of rotatable bonds is 9. The number of phenols is 1. The zero-order valence-electron chi connectivity index (χ0n) is 12.5. The summed E-state index contributed by atoms with van der Waals surface area (Å²) in [6.07, 6.45) is 3.32. The van der Waals surface area contributed by atoms with Gasteiger partial charge in [0.1, 0.15) is 11.3 Å². The molecular formula is C15H20N2O6. The van der Waals surface area contributed by atoms with Crippen LogP contribution in [0.3, 0.4) is 0 Å². The molecule has 5 N–H and O–H groups in total. The first-order valence-corrected chi connectivity index (χ1v) is 7.23. The molecule has 2 amide bonds. The fraction of sp³-hybridized carbons (Fsp3) is 0.400. The van der Waals surface area contributed by atoms with Crippen LogP contribution in [0.15, 0.2) is 18.2 Å². The molecule has 0 fully saturated rings. The molecule has 0 aliphatic carbocycles. The van der Waals surface area contributed by atoms with Gasteiger partial charge >= 0.3 is 5.97 Å². The molecule has 0 radical (unpaired) electrons. The summed E-state index contributed by atoms with van der Waals surface area (Å²) in [5, 5.41) is 29.2. The van der Waals surface area contributed by atoms with Crippen LogP contribution in [0.1, 0.15) is 48.9 Å². The molecule has 0 aliphatic rings. The Morgan fingerprint density at radius 2 is 1.57 bits per heavy atom. The summed E-state index contributed by atoms with van der Waals surface area (Å²) < 4.78 is 0. The monoisotopic (exact) mass is 324 g/mol. The Morgan fingerprint density at radius 3 is 2.13 bits per heavy atom. The molecule has 8 nitrogen and oxygen atoms in total. The summed E-state index contributed by atoms with van der Waals surface area (Å²) in [5.74, 6) is -2.31. The lowest BCUT2D eigenvalue weighted by atomic mass is 10.1. The zero-order valence-corrected chi connectivity index (χ0v) is 12.5. The van der Waals surface area contributed by atoms with Crippen molar-refractivity contribution < 1.29 is 29.8 Å². The SMILES string of the molecule is O=C(CCCCCCC(=O)Nc1ccc(O)c(C(=O)O)c1)NO. The molecule has 1 rings (SSSR count). The molecular weight excluding hydrogens is 304 g/mol. The average molecular weight is 324 g/mol. The van der Waals surface area contributed by atoms with Crippen molar-refractivity contribution in [3.63, 3.8) is 0 Å². The van der Waals surface area contributed by atoms with Crippen molar-refractivity contribution in [1.29, 1.82) is 0 Å². The number of amides is 2. The molecule has 0 aromatic heterocycles. The molecule has 126 valence electrons. The number of hydroxylamine groups is 1. The number of aromatic hydroxyl groups is 1. The number of hydrogen-bond acceptors (Lipinski definition) is 5. The second kappa shape index (κ2) is 9.42. The molecule has 23 heavy (non-hydrogen) atoms. The third kappa shape index (κ3) is 6.79. The Hall–Kier alpha value is -2.61. The second-order valence-electron chi connectivity index (χ2n) is 5.03. The summed E-state index contributed by atoms with van der Waals surface area (Å²) in [5.41, 5.74) is 1.59. The van der Waals surface area contributed by atoms with Crippen LogP contribution in [0.5, 0.6) is 5.75 Å². The predicted molar refractivity (Wildman–Crippen MR) is 81.3 cm³/mol. The van der Waals surface area contributed by atoms with Crippen molar-refractivity contribution in [1.82, 2.24) is 5.48 Å². The first kappa shape index (κ1) is 18.4. The van der Waals surface area contributed by atoms with Crippen LogP contribution >= 0.6 is 0 Å². The molecule has 1 aromatic carbocycles. The van der Waals surface area contributed by atoms with E-state index < -0.39 is 11.9 Å². The van der Waals surface area contributed by atoms with E-state index in [2.05, 4.69) is 5.32 Å². The highest BCUT2D eigenvalue weighted by atomic mass is 16.5. The molecule has 8 heteroatoms. The van der Waals surface area contributed by atoms with Gasteiger partial charge in [0.05, 0.1) is 0 Å². The van der Waals surface area contributed by atoms with E-state index >= 15 is 0 Å². The number of aromatic carboxylic acids is 1. The van der Waals surface area contributed by atoms with Crippen LogP contribution in [0.25, 0.3) is 0 Å². The Balaban J connectivity index is 2.30. The Labute approximate surface area is 133 Å². The Kier molecular flexibility index (Phi) is 7.55. The van der Waals surface area contributed by atoms with Gasteiger partial charge in [0.15, 0.2) is 0 Å². The van der Waals surface area contributed by atoms with Crippen LogP contribution in [-0.4, -0.2) is 33.2 Å². The van der Waals surface area contributed by atoms with E-state index in [-0.39, 0.29) is 30.1 Å². The van der Waals surface area contributed by atoms with Gasteiger partial charge in [-0.25, -0.2) is 10.3 Å². The minimum Gasteiger partial charge on any atom is -0.507 e. The normalized spacial score (nSPS) is 10.1. The summed E-state index contributed by atoms with van der Waals surface area (Å²) in [6.45, 7) is 0. The zero-order chi connectivity index (χ0) is 17.2. The Morgan fingerprint density at radius 1 is 0.957 bits per heavy atom. The van der Waals surface area contributed by atoms with Crippen LogP contribution in [0.2, 0.25) is 0 Å². The van der Waals surface area contributed by atoms with Crippen LogP contribution < -0.4 is 10.8 Å². The number of carbonyl (C=O) groups excluding carboxylic acids is 2. The molecule has 0 saturated heterocycles. The third-order valence-corrected chi connectivity index (χ3v) is 3.19. The van der Waals surface area contributed by atoms with Gasteiger partial charge in [0, 0.05) is 18.5 Å². The quantitative estimate of drug-likeness (QED) is 0.204. The molecule has 0 aliphatic heterocycles. The minimum absolute atomic E-state index is 0.244. The van der Waals surface area contributed by atoms with E-state index in [1.54, 1.807) is 5.48 Å². The van der Waals surface area contributed by atoms with Crippen LogP contribution in [0, 0.1) is 0 Å². The van der Waals surface area contributed by atoms with Crippen LogP contribution in [-0.2, 0) is 9.59 Å². The summed E-state index contributed by atoms with van der Waals surface area (Å²) in [6, 6.07) is 3.83. The fourth-order valence-electron chi connectivity index (χ4n) is 1.99. The minimum atomic E-state index is -1.27. The van der Waals surface area contributed by atoms with Gasteiger partial charge in [-0.3, -0.25) is 14.8 Å². The summed E-state index contributed by atoms with van der Waals surface area (Å²) in [7, 11) is 0. The topological polar surface area (TPSA) is 136 Å². The van der Waals surface area contributed by atoms with Crippen molar-refractivity contribution in [2.45, 2.75) is 38.5 Å². The highest BCUT2D eigenvalue weighted by Crippen LogP contribution is 2.21. The first-order valence-electron chi connectivity index (χ1n) is 7.23. The summed E-state index contributed by atoms with van der Waals surface area (Å²) in [4.78, 5) is 33.4. The molecule has 1 aromatic rings. The highest BCUT2D eigenvalue weighted by molar-refractivity contribution is 5.95. The molecule has 0 unspecified atom stereocenters. The van der Waals surface area contributed by atoms with Crippen molar-refractivity contribution >= 4 is 23.5 Å². The molecule has 0 spiro atoms. The van der Waals surface area contributed by atoms with Gasteiger partial charge in [-0.2, -0.15) is 0 Å². The molecule has 0 atom stereocenters. The number of carboxylic acids is 1. The second-order valence-corrected chi connectivity index (χ2v) is 5.03. The smallest absolute Gasteiger partial charge is 0.339 e. The number of carbonyl (C=O) groups is 3. The maximum Gasteiger partial charge on any atom is 0.339 e. The van der Waals surface area contributed by atoms with Gasteiger partial charge in [-0.15, -0.1) is 0 Å². The van der Waals surface area contributed by atoms with Gasteiger partial charge in [0.25, 0.3) is 0 Å². The number of benzene rings is 1. The van der Waals surface area contributed by atoms with E-state index in [1.807, 2.05) is 0 Å². The lowest BCUT2D eigenvalue weighted by Crippen LogP contribution is -2.17. The predicted octanol–water partition coefficient (Wildman–Crippen LogP) is 1.87. The molecule has 0 heterocycles. The fourth-order valence-corrected chi connectivity index (χ4v) is 1.99. The van der Waals surface area contributed by atoms with Gasteiger partial charge in [-0.1, -0.05) is 12.8 Å². The first-order chi connectivity index (χ1) is 10.9. The number of unbranched alkanes of at least 4 members (excludes halogenated alkanes) is 3. The molecule has 0 bridgehead atoms. The summed E-state index contributed by atoms with van der Waals surface area (Å²) >= 11 is 0.